The van der Waals surface area contributed by atoms with E-state index in [1.165, 1.54) is 0 Å². The number of rotatable bonds is 9. The molecule has 0 saturated heterocycles. The summed E-state index contributed by atoms with van der Waals surface area (Å²) in [6.07, 6.45) is 5.78. The maximum absolute atomic E-state index is 9.34. The van der Waals surface area contributed by atoms with E-state index < -0.39 is 0 Å². The minimum atomic E-state index is -0.225. The van der Waals surface area contributed by atoms with Gasteiger partial charge in [-0.3, -0.25) is 0 Å². The van der Waals surface area contributed by atoms with Gasteiger partial charge in [0.1, 0.15) is 0 Å². The van der Waals surface area contributed by atoms with E-state index in [-0.39, 0.29) is 6.10 Å². The van der Waals surface area contributed by atoms with Gasteiger partial charge in [-0.2, -0.15) is 0 Å². The van der Waals surface area contributed by atoms with Gasteiger partial charge < -0.3 is 10.3 Å². The SMILES string of the molecule is CCCC(CCCC(C)O)CC(=NO)c1ccccc1. The monoisotopic (exact) mass is 277 g/mol. The van der Waals surface area contributed by atoms with Gasteiger partial charge in [0.2, 0.25) is 0 Å². The lowest BCUT2D eigenvalue weighted by Crippen LogP contribution is -2.11. The molecule has 2 N–H and O–H groups in total. The first kappa shape index (κ1) is 16.7. The first-order chi connectivity index (χ1) is 9.67. The summed E-state index contributed by atoms with van der Waals surface area (Å²) in [5, 5.41) is 22.1. The summed E-state index contributed by atoms with van der Waals surface area (Å²) in [6, 6.07) is 9.85. The Balaban J connectivity index is 2.59. The summed E-state index contributed by atoms with van der Waals surface area (Å²) in [7, 11) is 0. The molecule has 0 aliphatic heterocycles. The van der Waals surface area contributed by atoms with Crippen molar-refractivity contribution < 1.29 is 10.3 Å². The molecule has 0 amide bonds. The second-order valence-electron chi connectivity index (χ2n) is 5.55. The zero-order valence-electron chi connectivity index (χ0n) is 12.6. The molecule has 2 atom stereocenters. The van der Waals surface area contributed by atoms with Crippen molar-refractivity contribution in [1.29, 1.82) is 0 Å². The van der Waals surface area contributed by atoms with Crippen LogP contribution in [0.5, 0.6) is 0 Å². The fourth-order valence-corrected chi connectivity index (χ4v) is 2.58. The number of oxime groups is 1. The molecule has 0 fully saturated rings. The highest BCUT2D eigenvalue weighted by atomic mass is 16.4. The lowest BCUT2D eigenvalue weighted by Gasteiger charge is -2.17. The van der Waals surface area contributed by atoms with Crippen LogP contribution >= 0.6 is 0 Å². The van der Waals surface area contributed by atoms with Crippen molar-refractivity contribution in [2.24, 2.45) is 11.1 Å². The van der Waals surface area contributed by atoms with Crippen molar-refractivity contribution in [1.82, 2.24) is 0 Å². The topological polar surface area (TPSA) is 52.8 Å². The van der Waals surface area contributed by atoms with Crippen LogP contribution in [0, 0.1) is 5.92 Å². The van der Waals surface area contributed by atoms with E-state index in [2.05, 4.69) is 12.1 Å². The van der Waals surface area contributed by atoms with E-state index in [1.807, 2.05) is 37.3 Å². The summed E-state index contributed by atoms with van der Waals surface area (Å²) in [4.78, 5) is 0. The van der Waals surface area contributed by atoms with E-state index in [1.54, 1.807) is 0 Å². The van der Waals surface area contributed by atoms with Gasteiger partial charge in [0.15, 0.2) is 0 Å². The molecule has 0 aliphatic carbocycles. The Labute approximate surface area is 122 Å². The van der Waals surface area contributed by atoms with Crippen molar-refractivity contribution >= 4 is 5.71 Å². The number of hydrogen-bond donors (Lipinski definition) is 2. The summed E-state index contributed by atoms with van der Waals surface area (Å²) >= 11 is 0. The molecule has 0 aromatic heterocycles. The molecule has 0 radical (unpaired) electrons. The minimum Gasteiger partial charge on any atom is -0.411 e. The van der Waals surface area contributed by atoms with Crippen LogP contribution in [0.4, 0.5) is 0 Å². The number of hydrogen-bond acceptors (Lipinski definition) is 3. The molecule has 0 bridgehead atoms. The highest BCUT2D eigenvalue weighted by molar-refractivity contribution is 6.00. The number of nitrogens with zero attached hydrogens (tertiary/aromatic N) is 1. The van der Waals surface area contributed by atoms with Gasteiger partial charge in [0.25, 0.3) is 0 Å². The molecule has 112 valence electrons. The Kier molecular flexibility index (Phi) is 7.97. The lowest BCUT2D eigenvalue weighted by molar-refractivity contribution is 0.177. The third kappa shape index (κ3) is 6.20. The van der Waals surface area contributed by atoms with Crippen molar-refractivity contribution in [3.8, 4) is 0 Å². The number of benzene rings is 1. The van der Waals surface area contributed by atoms with Crippen molar-refractivity contribution in [3.05, 3.63) is 35.9 Å². The predicted octanol–water partition coefficient (Wildman–Crippen LogP) is 4.22. The smallest absolute Gasteiger partial charge is 0.0870 e. The average molecular weight is 277 g/mol. The highest BCUT2D eigenvalue weighted by Crippen LogP contribution is 2.22. The summed E-state index contributed by atoms with van der Waals surface area (Å²) in [5.74, 6) is 0.518. The average Bonchev–Trinajstić information content (AvgIpc) is 2.45. The Hall–Kier alpha value is -1.35. The van der Waals surface area contributed by atoms with Gasteiger partial charge in [0, 0.05) is 0 Å². The highest BCUT2D eigenvalue weighted by Gasteiger charge is 2.14. The van der Waals surface area contributed by atoms with E-state index in [0.29, 0.717) is 5.92 Å². The summed E-state index contributed by atoms with van der Waals surface area (Å²) in [6.45, 7) is 4.01. The molecule has 1 aromatic rings. The molecule has 1 rings (SSSR count). The van der Waals surface area contributed by atoms with Crippen LogP contribution in [-0.4, -0.2) is 22.1 Å². The third-order valence-electron chi connectivity index (χ3n) is 3.64. The van der Waals surface area contributed by atoms with Crippen LogP contribution in [0.1, 0.15) is 57.9 Å². The Morgan fingerprint density at radius 1 is 1.15 bits per heavy atom. The molecule has 0 aliphatic rings. The van der Waals surface area contributed by atoms with Crippen LogP contribution in [0.15, 0.2) is 35.5 Å². The maximum atomic E-state index is 9.34. The molecule has 0 saturated carbocycles. The second-order valence-corrected chi connectivity index (χ2v) is 5.55. The molecule has 2 unspecified atom stereocenters. The van der Waals surface area contributed by atoms with Gasteiger partial charge >= 0.3 is 0 Å². The Morgan fingerprint density at radius 2 is 1.85 bits per heavy atom. The van der Waals surface area contributed by atoms with Gasteiger partial charge in [-0.1, -0.05) is 61.7 Å². The van der Waals surface area contributed by atoms with E-state index >= 15 is 0 Å². The van der Waals surface area contributed by atoms with Crippen LogP contribution in [0.2, 0.25) is 0 Å². The van der Waals surface area contributed by atoms with E-state index in [4.69, 9.17) is 0 Å². The first-order valence-corrected chi connectivity index (χ1v) is 7.61. The van der Waals surface area contributed by atoms with Crippen LogP contribution in [0.25, 0.3) is 0 Å². The fourth-order valence-electron chi connectivity index (χ4n) is 2.58. The zero-order valence-corrected chi connectivity index (χ0v) is 12.6. The molecule has 20 heavy (non-hydrogen) atoms. The molecular weight excluding hydrogens is 250 g/mol. The maximum Gasteiger partial charge on any atom is 0.0870 e. The molecule has 3 heteroatoms. The van der Waals surface area contributed by atoms with Crippen LogP contribution < -0.4 is 0 Å². The quantitative estimate of drug-likeness (QED) is 0.403. The third-order valence-corrected chi connectivity index (χ3v) is 3.64. The number of aliphatic hydroxyl groups excluding tert-OH is 1. The lowest BCUT2D eigenvalue weighted by atomic mass is 9.89. The van der Waals surface area contributed by atoms with E-state index in [0.717, 1.165) is 49.8 Å². The van der Waals surface area contributed by atoms with Gasteiger partial charge in [0.05, 0.1) is 11.8 Å². The molecular formula is C17H27NO2. The van der Waals surface area contributed by atoms with Gasteiger partial charge in [-0.25, -0.2) is 0 Å². The first-order valence-electron chi connectivity index (χ1n) is 7.61. The fraction of sp³-hybridized carbons (Fsp3) is 0.588. The normalized spacial score (nSPS) is 15.1. The van der Waals surface area contributed by atoms with Crippen LogP contribution in [0.3, 0.4) is 0 Å². The molecule has 1 aromatic carbocycles. The minimum absolute atomic E-state index is 0.225. The number of aliphatic hydroxyl groups is 1. The molecule has 3 nitrogen and oxygen atoms in total. The van der Waals surface area contributed by atoms with E-state index in [9.17, 15) is 10.3 Å². The summed E-state index contributed by atoms with van der Waals surface area (Å²) in [5.41, 5.74) is 1.76. The predicted molar refractivity (Wildman–Crippen MR) is 83.3 cm³/mol. The zero-order chi connectivity index (χ0) is 14.8. The molecule has 0 heterocycles. The van der Waals surface area contributed by atoms with Crippen molar-refractivity contribution in [3.63, 3.8) is 0 Å². The van der Waals surface area contributed by atoms with Crippen LogP contribution in [-0.2, 0) is 0 Å². The standard InChI is InChI=1S/C17H27NO2/c1-3-8-15(10-7-9-14(2)19)13-17(18-20)16-11-5-4-6-12-16/h4-6,11-12,14-15,19-20H,3,7-10,13H2,1-2H3. The van der Waals surface area contributed by atoms with Crippen molar-refractivity contribution in [2.75, 3.05) is 0 Å². The van der Waals surface area contributed by atoms with Gasteiger partial charge in [-0.05, 0) is 37.7 Å². The largest absolute Gasteiger partial charge is 0.411 e. The Morgan fingerprint density at radius 3 is 2.40 bits per heavy atom. The van der Waals surface area contributed by atoms with Gasteiger partial charge in [-0.15, -0.1) is 0 Å². The molecule has 0 spiro atoms. The second kappa shape index (κ2) is 9.54. The summed E-state index contributed by atoms with van der Waals surface area (Å²) < 4.78 is 0. The Bertz CT molecular complexity index is 387. The van der Waals surface area contributed by atoms with Crippen molar-refractivity contribution in [2.45, 2.75) is 58.5 Å².